The molecule has 0 saturated heterocycles. The molecular formula is C10H5F15OS. The Labute approximate surface area is 144 Å². The van der Waals surface area contributed by atoms with Crippen molar-refractivity contribution in [1.29, 1.82) is 0 Å². The number of thiol groups is 1. The van der Waals surface area contributed by atoms with Crippen LogP contribution in [0.2, 0.25) is 0 Å². The Morgan fingerprint density at radius 1 is 0.593 bits per heavy atom. The third kappa shape index (κ3) is 3.44. The molecule has 17 heteroatoms. The van der Waals surface area contributed by atoms with Crippen LogP contribution < -0.4 is 0 Å². The first-order chi connectivity index (χ1) is 11.5. The number of rotatable bonds is 7. The molecule has 0 fully saturated rings. The molecule has 162 valence electrons. The van der Waals surface area contributed by atoms with E-state index in [4.69, 9.17) is 5.11 Å². The molecule has 0 aliphatic carbocycles. The number of aliphatic hydroxyl groups excluding tert-OH is 1. The summed E-state index contributed by atoms with van der Waals surface area (Å²) in [4.78, 5) is -2.59. The van der Waals surface area contributed by atoms with Crippen LogP contribution in [0.15, 0.2) is 11.0 Å². The number of aliphatic hydroxyl groups is 1. The maximum absolute atomic E-state index is 13.3. The summed E-state index contributed by atoms with van der Waals surface area (Å²) < 4.78 is 192. The second-order valence-electron chi connectivity index (χ2n) is 4.72. The van der Waals surface area contributed by atoms with Crippen molar-refractivity contribution in [3.05, 3.63) is 11.0 Å². The molecule has 0 unspecified atom stereocenters. The minimum absolute atomic E-state index is 0.478. The van der Waals surface area contributed by atoms with Crippen LogP contribution in [0.5, 0.6) is 0 Å². The third-order valence-electron chi connectivity index (χ3n) is 2.93. The molecule has 0 heterocycles. The molecular weight excluding hydrogens is 453 g/mol. The fourth-order valence-corrected chi connectivity index (χ4v) is 1.56. The van der Waals surface area contributed by atoms with E-state index in [9.17, 15) is 65.9 Å². The quantitative estimate of drug-likeness (QED) is 0.399. The van der Waals surface area contributed by atoms with Crippen LogP contribution in [-0.4, -0.2) is 53.4 Å². The molecule has 0 aliphatic rings. The third-order valence-corrected chi connectivity index (χ3v) is 3.40. The standard InChI is InChI=1S/C10H5F15OS/c11-4(12,3(27)1-2-26)5(13,14)6(15,16)7(17,18)8(19,20)9(21,22)10(23,24)25/h1,26-27H,2H2/b3-1+. The summed E-state index contributed by atoms with van der Waals surface area (Å²) in [5, 5.41) is 8.17. The molecule has 0 bridgehead atoms. The van der Waals surface area contributed by atoms with Gasteiger partial charge in [0.15, 0.2) is 0 Å². The van der Waals surface area contributed by atoms with E-state index in [1.54, 1.807) is 0 Å². The number of hydrogen-bond donors (Lipinski definition) is 2. The Morgan fingerprint density at radius 2 is 0.889 bits per heavy atom. The molecule has 27 heavy (non-hydrogen) atoms. The lowest BCUT2D eigenvalue weighted by atomic mass is 9.91. The van der Waals surface area contributed by atoms with Gasteiger partial charge in [-0.2, -0.15) is 65.9 Å². The van der Waals surface area contributed by atoms with Gasteiger partial charge in [-0.3, -0.25) is 0 Å². The minimum atomic E-state index is -8.33. The lowest BCUT2D eigenvalue weighted by Crippen LogP contribution is -2.72. The molecule has 1 N–H and O–H groups in total. The summed E-state index contributed by atoms with van der Waals surface area (Å²) in [7, 11) is 0. The van der Waals surface area contributed by atoms with Crippen LogP contribution in [0.3, 0.4) is 0 Å². The molecule has 0 aromatic heterocycles. The topological polar surface area (TPSA) is 20.2 Å². The monoisotopic (exact) mass is 458 g/mol. The smallest absolute Gasteiger partial charge is 0.392 e. The van der Waals surface area contributed by atoms with E-state index in [2.05, 4.69) is 12.6 Å². The number of hydrogen-bond acceptors (Lipinski definition) is 2. The maximum Gasteiger partial charge on any atom is 0.460 e. The van der Waals surface area contributed by atoms with E-state index in [1.165, 1.54) is 0 Å². The van der Waals surface area contributed by atoms with Crippen LogP contribution in [0, 0.1) is 0 Å². The number of allylic oxidation sites excluding steroid dienone is 1. The highest BCUT2D eigenvalue weighted by Gasteiger charge is 2.93. The Bertz CT molecular complexity index is 576. The first-order valence-corrected chi connectivity index (χ1v) is 6.27. The molecule has 0 amide bonds. The maximum atomic E-state index is 13.3. The van der Waals surface area contributed by atoms with Crippen molar-refractivity contribution >= 4 is 12.6 Å². The summed E-state index contributed by atoms with van der Waals surface area (Å²) in [5.74, 6) is -47.0. The van der Waals surface area contributed by atoms with Crippen molar-refractivity contribution < 1.29 is 71.0 Å². The summed E-state index contributed by atoms with van der Waals surface area (Å²) >= 11 is 2.46. The molecule has 0 aromatic carbocycles. The second kappa shape index (κ2) is 6.81. The minimum Gasteiger partial charge on any atom is -0.392 e. The van der Waals surface area contributed by atoms with Crippen molar-refractivity contribution in [3.63, 3.8) is 0 Å². The van der Waals surface area contributed by atoms with E-state index in [1.807, 2.05) is 0 Å². The van der Waals surface area contributed by atoms with E-state index in [0.29, 0.717) is 0 Å². The Balaban J connectivity index is 6.60. The van der Waals surface area contributed by atoms with E-state index < -0.39 is 59.3 Å². The molecule has 0 atom stereocenters. The summed E-state index contributed by atoms with van der Waals surface area (Å²) in [6.45, 7) is -1.63. The van der Waals surface area contributed by atoms with Crippen molar-refractivity contribution in [2.75, 3.05) is 6.61 Å². The largest absolute Gasteiger partial charge is 0.460 e. The van der Waals surface area contributed by atoms with Crippen LogP contribution >= 0.6 is 12.6 Å². The summed E-state index contributed by atoms with van der Waals surface area (Å²) in [6, 6.07) is 0. The summed E-state index contributed by atoms with van der Waals surface area (Å²) in [5.41, 5.74) is 0. The Kier molecular flexibility index (Phi) is 6.55. The molecule has 0 rings (SSSR count). The van der Waals surface area contributed by atoms with E-state index in [-0.39, 0.29) is 0 Å². The fourth-order valence-electron chi connectivity index (χ4n) is 1.34. The molecule has 0 saturated carbocycles. The van der Waals surface area contributed by atoms with Gasteiger partial charge in [0, 0.05) is 0 Å². The Hall–Kier alpha value is -1.00. The van der Waals surface area contributed by atoms with Gasteiger partial charge >= 0.3 is 41.7 Å². The van der Waals surface area contributed by atoms with Gasteiger partial charge in [0.1, 0.15) is 0 Å². The number of alkyl halides is 15. The van der Waals surface area contributed by atoms with E-state index in [0.717, 1.165) is 0 Å². The molecule has 0 aliphatic heterocycles. The summed E-state index contributed by atoms with van der Waals surface area (Å²) in [6.07, 6.45) is -8.12. The second-order valence-corrected chi connectivity index (χ2v) is 5.20. The lowest BCUT2D eigenvalue weighted by molar-refractivity contribution is -0.449. The average Bonchev–Trinajstić information content (AvgIpc) is 2.45. The van der Waals surface area contributed by atoms with Crippen LogP contribution in [0.4, 0.5) is 65.9 Å². The van der Waals surface area contributed by atoms with Crippen molar-refractivity contribution in [2.24, 2.45) is 0 Å². The van der Waals surface area contributed by atoms with Crippen molar-refractivity contribution in [2.45, 2.75) is 41.7 Å². The number of halogens is 15. The lowest BCUT2D eigenvalue weighted by Gasteiger charge is -2.41. The van der Waals surface area contributed by atoms with Gasteiger partial charge in [0.05, 0.1) is 11.5 Å². The zero-order valence-electron chi connectivity index (χ0n) is 11.8. The van der Waals surface area contributed by atoms with Crippen molar-refractivity contribution in [1.82, 2.24) is 0 Å². The zero-order valence-corrected chi connectivity index (χ0v) is 12.7. The van der Waals surface area contributed by atoms with Crippen LogP contribution in [0.25, 0.3) is 0 Å². The van der Waals surface area contributed by atoms with Gasteiger partial charge in [-0.15, -0.1) is 12.6 Å². The molecule has 0 radical (unpaired) electrons. The SMILES string of the molecule is OC/C=C(/S)C(F)(F)C(F)(F)C(F)(F)C(F)(F)C(F)(F)C(F)(F)C(F)(F)F. The van der Waals surface area contributed by atoms with Gasteiger partial charge < -0.3 is 5.11 Å². The van der Waals surface area contributed by atoms with Gasteiger partial charge in [-0.05, 0) is 6.08 Å². The zero-order chi connectivity index (χ0) is 22.5. The van der Waals surface area contributed by atoms with Gasteiger partial charge in [0.25, 0.3) is 0 Å². The highest BCUT2D eigenvalue weighted by molar-refractivity contribution is 7.84. The van der Waals surface area contributed by atoms with Gasteiger partial charge in [-0.25, -0.2) is 0 Å². The molecule has 0 aromatic rings. The van der Waals surface area contributed by atoms with Gasteiger partial charge in [-0.1, -0.05) is 0 Å². The van der Waals surface area contributed by atoms with Crippen molar-refractivity contribution in [3.8, 4) is 0 Å². The fraction of sp³-hybridized carbons (Fsp3) is 0.800. The van der Waals surface area contributed by atoms with Crippen LogP contribution in [0.1, 0.15) is 0 Å². The van der Waals surface area contributed by atoms with Crippen LogP contribution in [-0.2, 0) is 0 Å². The molecule has 0 spiro atoms. The highest BCUT2D eigenvalue weighted by atomic mass is 32.1. The predicted molar refractivity (Wildman–Crippen MR) is 59.9 cm³/mol. The first kappa shape index (κ1) is 26.0. The normalized spacial score (nSPS) is 16.7. The van der Waals surface area contributed by atoms with E-state index >= 15 is 0 Å². The average molecular weight is 458 g/mol. The molecule has 1 nitrogen and oxygen atoms in total. The highest BCUT2D eigenvalue weighted by Crippen LogP contribution is 2.63. The first-order valence-electron chi connectivity index (χ1n) is 5.82. The van der Waals surface area contributed by atoms with Gasteiger partial charge in [0.2, 0.25) is 0 Å². The Morgan fingerprint density at radius 3 is 1.19 bits per heavy atom. The predicted octanol–water partition coefficient (Wildman–Crippen LogP) is 5.17.